The Morgan fingerprint density at radius 3 is 1.97 bits per heavy atom. The molecule has 0 bridgehead atoms. The van der Waals surface area contributed by atoms with Crippen molar-refractivity contribution in [3.05, 3.63) is 59.6 Å². The van der Waals surface area contributed by atoms with Crippen molar-refractivity contribution in [3.8, 4) is 0 Å². The van der Waals surface area contributed by atoms with E-state index in [9.17, 15) is 26.4 Å². The number of anilines is 2. The van der Waals surface area contributed by atoms with Crippen molar-refractivity contribution >= 4 is 39.2 Å². The van der Waals surface area contributed by atoms with Gasteiger partial charge in [0.1, 0.15) is 0 Å². The molecule has 180 valence electrons. The molecule has 0 spiro atoms. The number of benzene rings is 2. The molecule has 0 aromatic heterocycles. The third kappa shape index (κ3) is 6.84. The van der Waals surface area contributed by atoms with E-state index in [1.54, 1.807) is 48.5 Å². The molecule has 0 radical (unpaired) electrons. The molecular weight excluding hydrogens is 483 g/mol. The van der Waals surface area contributed by atoms with Crippen LogP contribution >= 0.6 is 11.6 Å². The molecule has 6 nitrogen and oxygen atoms in total. The predicted octanol–water partition coefficient (Wildman–Crippen LogP) is 6.29. The van der Waals surface area contributed by atoms with Crippen molar-refractivity contribution in [1.29, 1.82) is 0 Å². The lowest BCUT2D eigenvalue weighted by molar-refractivity contribution is -0.0554. The lowest BCUT2D eigenvalue weighted by atomic mass is 9.83. The highest BCUT2D eigenvalue weighted by Crippen LogP contribution is 2.32. The van der Waals surface area contributed by atoms with Crippen molar-refractivity contribution in [1.82, 2.24) is 0 Å². The third-order valence-electron chi connectivity index (χ3n) is 5.43. The first-order chi connectivity index (χ1) is 15.6. The van der Waals surface area contributed by atoms with Crippen molar-refractivity contribution in [2.45, 2.75) is 31.2 Å². The van der Waals surface area contributed by atoms with Gasteiger partial charge in [-0.15, -0.1) is 0 Å². The molecule has 11 heteroatoms. The average molecular weight is 506 g/mol. The summed E-state index contributed by atoms with van der Waals surface area (Å²) >= 11 is 5.95. The van der Waals surface area contributed by atoms with Crippen LogP contribution in [0.2, 0.25) is 5.02 Å². The number of halogens is 4. The van der Waals surface area contributed by atoms with Crippen LogP contribution in [0.15, 0.2) is 54.6 Å². The zero-order valence-corrected chi connectivity index (χ0v) is 19.1. The fraction of sp³-hybridized carbons (Fsp3) is 0.409. The Morgan fingerprint density at radius 2 is 1.42 bits per heavy atom. The molecule has 0 heterocycles. The number of rotatable bonds is 7. The van der Waals surface area contributed by atoms with Gasteiger partial charge in [-0.1, -0.05) is 29.8 Å². The number of hydrogen-bond acceptors (Lipinski definition) is 5. The molecule has 3 rings (SSSR count). The number of alkyl halides is 3. The van der Waals surface area contributed by atoms with E-state index in [-0.39, 0.29) is 18.4 Å². The number of nitrogens with zero attached hydrogens (tertiary/aromatic N) is 1. The van der Waals surface area contributed by atoms with Crippen LogP contribution in [0.4, 0.5) is 29.3 Å². The maximum atomic E-state index is 12.9. The molecule has 2 aromatic rings. The quantitative estimate of drug-likeness (QED) is 0.327. The van der Waals surface area contributed by atoms with Crippen LogP contribution in [0.1, 0.15) is 25.7 Å². The van der Waals surface area contributed by atoms with Gasteiger partial charge in [0.15, 0.2) is 0 Å². The van der Waals surface area contributed by atoms with Gasteiger partial charge in [0, 0.05) is 5.02 Å². The molecule has 1 saturated carbocycles. The SMILES string of the molecule is O=C(OCC1CCC(COS(=O)(=O)C(F)(F)F)CC1)N(c1ccccc1)c1ccc(Cl)cc1. The number of hydrogen-bond donors (Lipinski definition) is 0. The van der Waals surface area contributed by atoms with Crippen LogP contribution in [0.3, 0.4) is 0 Å². The van der Waals surface area contributed by atoms with Crippen molar-refractivity contribution < 1.29 is 35.3 Å². The number of amides is 1. The Hall–Kier alpha value is -2.30. The number of ether oxygens (including phenoxy) is 1. The van der Waals surface area contributed by atoms with E-state index in [0.717, 1.165) is 0 Å². The van der Waals surface area contributed by atoms with Crippen molar-refractivity contribution in [3.63, 3.8) is 0 Å². The number of carbonyl (C=O) groups is 1. The fourth-order valence-corrected chi connectivity index (χ4v) is 4.23. The minimum Gasteiger partial charge on any atom is -0.449 e. The van der Waals surface area contributed by atoms with Gasteiger partial charge in [0.05, 0.1) is 24.6 Å². The number of para-hydroxylation sites is 1. The molecule has 0 atom stereocenters. The summed E-state index contributed by atoms with van der Waals surface area (Å²) in [6, 6.07) is 15.7. The van der Waals surface area contributed by atoms with Gasteiger partial charge in [-0.2, -0.15) is 21.6 Å². The molecule has 1 aliphatic carbocycles. The van der Waals surface area contributed by atoms with Crippen molar-refractivity contribution in [2.24, 2.45) is 11.8 Å². The molecule has 0 N–H and O–H groups in total. The summed E-state index contributed by atoms with van der Waals surface area (Å²) in [5, 5.41) is 0.531. The highest BCUT2D eigenvalue weighted by molar-refractivity contribution is 7.87. The zero-order chi connectivity index (χ0) is 24.1. The molecule has 2 aromatic carbocycles. The Morgan fingerprint density at radius 1 is 0.909 bits per heavy atom. The second-order valence-electron chi connectivity index (χ2n) is 7.80. The summed E-state index contributed by atoms with van der Waals surface area (Å²) in [6.45, 7) is -0.364. The van der Waals surface area contributed by atoms with Gasteiger partial charge in [0.25, 0.3) is 0 Å². The third-order valence-corrected chi connectivity index (χ3v) is 6.70. The van der Waals surface area contributed by atoms with E-state index in [1.165, 1.54) is 4.90 Å². The van der Waals surface area contributed by atoms with Crippen LogP contribution in [-0.2, 0) is 19.0 Å². The first kappa shape index (κ1) is 25.3. The van der Waals surface area contributed by atoms with Gasteiger partial charge in [-0.25, -0.2) is 9.69 Å². The molecule has 1 fully saturated rings. The van der Waals surface area contributed by atoms with Gasteiger partial charge >= 0.3 is 21.7 Å². The standard InChI is InChI=1S/C22H23ClF3NO5S/c23-18-10-12-20(13-11-18)27(19-4-2-1-3-5-19)21(28)31-14-16-6-8-17(9-7-16)15-32-33(29,30)22(24,25)26/h1-5,10-13,16-17H,6-9,14-15H2. The van der Waals surface area contributed by atoms with Gasteiger partial charge in [-0.05, 0) is 73.9 Å². The monoisotopic (exact) mass is 505 g/mol. The highest BCUT2D eigenvalue weighted by atomic mass is 35.5. The van der Waals surface area contributed by atoms with Crippen LogP contribution in [0, 0.1) is 11.8 Å². The van der Waals surface area contributed by atoms with Crippen LogP contribution < -0.4 is 4.90 Å². The van der Waals surface area contributed by atoms with Crippen LogP contribution in [-0.4, -0.2) is 33.2 Å². The molecule has 33 heavy (non-hydrogen) atoms. The smallest absolute Gasteiger partial charge is 0.449 e. The minimum atomic E-state index is -5.58. The number of carbonyl (C=O) groups excluding carboxylic acids is 1. The minimum absolute atomic E-state index is 0.0206. The van der Waals surface area contributed by atoms with Gasteiger partial charge in [0.2, 0.25) is 0 Å². The maximum absolute atomic E-state index is 12.9. The molecule has 0 saturated heterocycles. The average Bonchev–Trinajstić information content (AvgIpc) is 2.78. The second-order valence-corrected chi connectivity index (χ2v) is 9.84. The molecule has 1 amide bonds. The zero-order valence-electron chi connectivity index (χ0n) is 17.5. The van der Waals surface area contributed by atoms with E-state index in [0.29, 0.717) is 42.1 Å². The summed E-state index contributed by atoms with van der Waals surface area (Å²) in [5.41, 5.74) is -4.22. The summed E-state index contributed by atoms with van der Waals surface area (Å²) < 4.78 is 68.9. The van der Waals surface area contributed by atoms with E-state index in [2.05, 4.69) is 4.18 Å². The van der Waals surface area contributed by atoms with Gasteiger partial charge < -0.3 is 4.74 Å². The van der Waals surface area contributed by atoms with E-state index in [1.807, 2.05) is 6.07 Å². The topological polar surface area (TPSA) is 72.9 Å². The second kappa shape index (κ2) is 10.8. The summed E-state index contributed by atoms with van der Waals surface area (Å²) in [4.78, 5) is 14.3. The Kier molecular flexibility index (Phi) is 8.25. The first-order valence-electron chi connectivity index (χ1n) is 10.3. The summed E-state index contributed by atoms with van der Waals surface area (Å²) in [5.74, 6) is -0.281. The fourth-order valence-electron chi connectivity index (χ4n) is 3.60. The Balaban J connectivity index is 1.54. The Bertz CT molecular complexity index is 1020. The van der Waals surface area contributed by atoms with Crippen LogP contribution in [0.5, 0.6) is 0 Å². The van der Waals surface area contributed by atoms with Crippen molar-refractivity contribution in [2.75, 3.05) is 18.1 Å². The summed E-state index contributed by atoms with van der Waals surface area (Å²) in [7, 11) is -5.58. The largest absolute Gasteiger partial charge is 0.523 e. The molecular formula is C22H23ClF3NO5S. The van der Waals surface area contributed by atoms with E-state index in [4.69, 9.17) is 16.3 Å². The highest BCUT2D eigenvalue weighted by Gasteiger charge is 2.47. The lowest BCUT2D eigenvalue weighted by Gasteiger charge is -2.29. The maximum Gasteiger partial charge on any atom is 0.523 e. The van der Waals surface area contributed by atoms with Crippen LogP contribution in [0.25, 0.3) is 0 Å². The molecule has 0 aliphatic heterocycles. The lowest BCUT2D eigenvalue weighted by Crippen LogP contribution is -2.31. The Labute approximate surface area is 195 Å². The molecule has 0 unspecified atom stereocenters. The predicted molar refractivity (Wildman–Crippen MR) is 118 cm³/mol. The molecule has 1 aliphatic rings. The van der Waals surface area contributed by atoms with Gasteiger partial charge in [-0.3, -0.25) is 4.18 Å². The first-order valence-corrected chi connectivity index (χ1v) is 12.1. The van der Waals surface area contributed by atoms with E-state index >= 15 is 0 Å². The van der Waals surface area contributed by atoms with E-state index < -0.39 is 28.3 Å². The summed E-state index contributed by atoms with van der Waals surface area (Å²) in [6.07, 6.45) is 1.56. The normalized spacial score (nSPS) is 19.2.